The predicted molar refractivity (Wildman–Crippen MR) is 122 cm³/mol. The maximum Gasteiger partial charge on any atom is 0.278 e. The van der Waals surface area contributed by atoms with Crippen molar-refractivity contribution >= 4 is 29.0 Å². The van der Waals surface area contributed by atoms with Crippen LogP contribution in [-0.2, 0) is 20.9 Å². The molecule has 2 aromatic rings. The highest BCUT2D eigenvalue weighted by Gasteiger charge is 2.42. The fraction of sp³-hybridized carbons (Fsp3) is 0.360. The van der Waals surface area contributed by atoms with Crippen molar-refractivity contribution in [1.29, 1.82) is 0 Å². The molecular formula is C25H28N4O3. The molecule has 3 heterocycles. The maximum atomic E-state index is 13.6. The van der Waals surface area contributed by atoms with Gasteiger partial charge in [-0.15, -0.1) is 0 Å². The van der Waals surface area contributed by atoms with Gasteiger partial charge in [-0.05, 0) is 53.6 Å². The highest BCUT2D eigenvalue weighted by Crippen LogP contribution is 2.36. The monoisotopic (exact) mass is 432 g/mol. The number of likely N-dealkylation sites (tertiary alicyclic amines) is 1. The van der Waals surface area contributed by atoms with Gasteiger partial charge in [0.2, 0.25) is 5.91 Å². The van der Waals surface area contributed by atoms with E-state index in [0.29, 0.717) is 34.4 Å². The Balaban J connectivity index is 1.73. The molecule has 2 aliphatic rings. The number of nitrogens with one attached hydrogen (secondary N) is 1. The highest BCUT2D eigenvalue weighted by atomic mass is 16.2. The summed E-state index contributed by atoms with van der Waals surface area (Å²) in [7, 11) is 0. The number of rotatable bonds is 5. The molecule has 1 saturated heterocycles. The Kier molecular flexibility index (Phi) is 6.08. The minimum atomic E-state index is -0.292. The minimum absolute atomic E-state index is 0.162. The molecule has 2 unspecified atom stereocenters. The number of piperidine rings is 1. The van der Waals surface area contributed by atoms with E-state index in [1.165, 1.54) is 11.8 Å². The summed E-state index contributed by atoms with van der Waals surface area (Å²) in [6, 6.07) is 10.7. The van der Waals surface area contributed by atoms with E-state index in [4.69, 9.17) is 0 Å². The first kappa shape index (κ1) is 21.7. The Morgan fingerprint density at radius 1 is 1.00 bits per heavy atom. The molecule has 3 amide bonds. The summed E-state index contributed by atoms with van der Waals surface area (Å²) in [5, 5.41) is 2.74. The van der Waals surface area contributed by atoms with Crippen LogP contribution in [0, 0.1) is 11.8 Å². The Morgan fingerprint density at radius 2 is 1.62 bits per heavy atom. The quantitative estimate of drug-likeness (QED) is 0.733. The first-order valence-electron chi connectivity index (χ1n) is 11.0. The van der Waals surface area contributed by atoms with Crippen LogP contribution in [0.25, 0.3) is 5.57 Å². The van der Waals surface area contributed by atoms with Crippen molar-refractivity contribution in [1.82, 2.24) is 14.8 Å². The number of carbonyl (C=O) groups excluding carboxylic acids is 3. The molecule has 4 rings (SSSR count). The zero-order chi connectivity index (χ0) is 22.8. The van der Waals surface area contributed by atoms with Gasteiger partial charge in [0.1, 0.15) is 5.70 Å². The average molecular weight is 433 g/mol. The Morgan fingerprint density at radius 3 is 2.22 bits per heavy atom. The van der Waals surface area contributed by atoms with E-state index < -0.39 is 0 Å². The second kappa shape index (κ2) is 8.94. The van der Waals surface area contributed by atoms with E-state index in [-0.39, 0.29) is 24.3 Å². The molecule has 2 aliphatic heterocycles. The van der Waals surface area contributed by atoms with Crippen molar-refractivity contribution in [3.8, 4) is 0 Å². The van der Waals surface area contributed by atoms with Crippen LogP contribution in [0.3, 0.4) is 0 Å². The molecule has 32 heavy (non-hydrogen) atoms. The lowest BCUT2D eigenvalue weighted by Gasteiger charge is -2.37. The van der Waals surface area contributed by atoms with Gasteiger partial charge >= 0.3 is 0 Å². The van der Waals surface area contributed by atoms with E-state index in [1.54, 1.807) is 36.7 Å². The number of amides is 3. The molecule has 1 aromatic heterocycles. The lowest BCUT2D eigenvalue weighted by Crippen LogP contribution is -2.41. The van der Waals surface area contributed by atoms with Crippen molar-refractivity contribution < 1.29 is 14.4 Å². The van der Waals surface area contributed by atoms with E-state index in [0.717, 1.165) is 25.1 Å². The van der Waals surface area contributed by atoms with Gasteiger partial charge < -0.3 is 10.2 Å². The zero-order valence-corrected chi connectivity index (χ0v) is 18.7. The van der Waals surface area contributed by atoms with E-state index in [2.05, 4.69) is 29.0 Å². The van der Waals surface area contributed by atoms with Crippen LogP contribution in [0.4, 0.5) is 5.69 Å². The molecule has 7 heteroatoms. The van der Waals surface area contributed by atoms with Crippen LogP contribution in [-0.4, -0.2) is 45.6 Å². The fourth-order valence-electron chi connectivity index (χ4n) is 4.70. The number of carbonyl (C=O) groups is 3. The maximum absolute atomic E-state index is 13.6. The summed E-state index contributed by atoms with van der Waals surface area (Å²) in [6.45, 7) is 7.51. The normalized spacial score (nSPS) is 21.3. The third kappa shape index (κ3) is 4.42. The minimum Gasteiger partial charge on any atom is -0.366 e. The Bertz CT molecular complexity index is 1050. The van der Waals surface area contributed by atoms with Crippen molar-refractivity contribution in [2.45, 2.75) is 33.7 Å². The van der Waals surface area contributed by atoms with Crippen LogP contribution < -0.4 is 5.32 Å². The largest absolute Gasteiger partial charge is 0.366 e. The van der Waals surface area contributed by atoms with Gasteiger partial charge in [-0.3, -0.25) is 24.3 Å². The van der Waals surface area contributed by atoms with Crippen molar-refractivity contribution in [2.24, 2.45) is 11.8 Å². The average Bonchev–Trinajstić information content (AvgIpc) is 2.99. The molecule has 0 spiro atoms. The van der Waals surface area contributed by atoms with Gasteiger partial charge in [0.15, 0.2) is 0 Å². The molecule has 166 valence electrons. The van der Waals surface area contributed by atoms with Gasteiger partial charge in [0.05, 0.1) is 12.1 Å². The molecule has 0 radical (unpaired) electrons. The Labute approximate surface area is 188 Å². The Hall–Kier alpha value is -3.48. The molecule has 1 fully saturated rings. The van der Waals surface area contributed by atoms with Crippen LogP contribution in [0.15, 0.2) is 54.5 Å². The van der Waals surface area contributed by atoms with Crippen LogP contribution in [0.2, 0.25) is 0 Å². The van der Waals surface area contributed by atoms with Crippen molar-refractivity contribution in [2.75, 3.05) is 18.4 Å². The summed E-state index contributed by atoms with van der Waals surface area (Å²) < 4.78 is 0. The first-order valence-corrected chi connectivity index (χ1v) is 11.0. The second-order valence-corrected chi connectivity index (χ2v) is 8.89. The molecule has 0 saturated carbocycles. The van der Waals surface area contributed by atoms with Gasteiger partial charge in [-0.1, -0.05) is 26.0 Å². The number of anilines is 1. The number of benzene rings is 1. The summed E-state index contributed by atoms with van der Waals surface area (Å²) in [4.78, 5) is 45.9. The van der Waals surface area contributed by atoms with Crippen molar-refractivity contribution in [3.63, 3.8) is 0 Å². The van der Waals surface area contributed by atoms with E-state index in [9.17, 15) is 14.4 Å². The predicted octanol–water partition coefficient (Wildman–Crippen LogP) is 3.30. The summed E-state index contributed by atoms with van der Waals surface area (Å²) in [6.07, 6.45) is 4.42. The van der Waals surface area contributed by atoms with Crippen LogP contribution in [0.1, 0.15) is 38.3 Å². The zero-order valence-electron chi connectivity index (χ0n) is 18.7. The van der Waals surface area contributed by atoms with Gasteiger partial charge in [-0.2, -0.15) is 0 Å². The van der Waals surface area contributed by atoms with Gasteiger partial charge in [-0.25, -0.2) is 0 Å². The molecule has 1 N–H and O–H groups in total. The van der Waals surface area contributed by atoms with Crippen molar-refractivity contribution in [3.05, 3.63) is 65.6 Å². The number of aromatic nitrogens is 1. The smallest absolute Gasteiger partial charge is 0.278 e. The molecular weight excluding hydrogens is 404 g/mol. The number of hydrogen-bond acceptors (Lipinski definition) is 5. The topological polar surface area (TPSA) is 82.6 Å². The summed E-state index contributed by atoms with van der Waals surface area (Å²) >= 11 is 0. The molecule has 0 bridgehead atoms. The molecule has 0 aliphatic carbocycles. The van der Waals surface area contributed by atoms with Crippen LogP contribution >= 0.6 is 0 Å². The molecule has 7 nitrogen and oxygen atoms in total. The standard InChI is InChI=1S/C25H28N4O3/c1-16-12-17(2)14-28(13-16)23-22(20-4-6-21(7-5-20)27-18(3)30)24(31)29(25(23)32)15-19-8-10-26-11-9-19/h4-11,16-17H,12-15H2,1-3H3,(H,27,30). The summed E-state index contributed by atoms with van der Waals surface area (Å²) in [5.74, 6) is 0.164. The van der Waals surface area contributed by atoms with Gasteiger partial charge in [0, 0.05) is 38.1 Å². The first-order chi connectivity index (χ1) is 15.3. The fourth-order valence-corrected chi connectivity index (χ4v) is 4.70. The van der Waals surface area contributed by atoms with Crippen LogP contribution in [0.5, 0.6) is 0 Å². The third-order valence-corrected chi connectivity index (χ3v) is 5.91. The highest BCUT2D eigenvalue weighted by molar-refractivity contribution is 6.35. The number of imide groups is 1. The van der Waals surface area contributed by atoms with E-state index >= 15 is 0 Å². The second-order valence-electron chi connectivity index (χ2n) is 8.89. The van der Waals surface area contributed by atoms with E-state index in [1.807, 2.05) is 12.1 Å². The SMILES string of the molecule is CC(=O)Nc1ccc(C2=C(N3CC(C)CC(C)C3)C(=O)N(Cc3ccncc3)C2=O)cc1. The number of hydrogen-bond donors (Lipinski definition) is 1. The number of pyridine rings is 1. The molecule has 2 atom stereocenters. The van der Waals surface area contributed by atoms with Gasteiger partial charge in [0.25, 0.3) is 11.8 Å². The molecule has 1 aromatic carbocycles. The lowest BCUT2D eigenvalue weighted by molar-refractivity contribution is -0.138. The summed E-state index contributed by atoms with van der Waals surface area (Å²) in [5.41, 5.74) is 3.09. The lowest BCUT2D eigenvalue weighted by atomic mass is 9.91. The third-order valence-electron chi connectivity index (χ3n) is 5.91. The number of nitrogens with zero attached hydrogens (tertiary/aromatic N) is 3.